The lowest BCUT2D eigenvalue weighted by Gasteiger charge is -2.61. The maximum absolute atomic E-state index is 13.5. The molecule has 0 aromatic heterocycles. The van der Waals surface area contributed by atoms with E-state index in [2.05, 4.69) is 10.2 Å². The zero-order chi connectivity index (χ0) is 19.9. The van der Waals surface area contributed by atoms with Crippen LogP contribution in [-0.2, 0) is 9.59 Å². The fourth-order valence-electron chi connectivity index (χ4n) is 5.48. The highest BCUT2D eigenvalue weighted by Crippen LogP contribution is 2.38. The molecule has 0 radical (unpaired) electrons. The summed E-state index contributed by atoms with van der Waals surface area (Å²) in [6.45, 7) is 7.35. The normalized spacial score (nSPS) is 34.2. The Kier molecular flexibility index (Phi) is 5.92. The highest BCUT2D eigenvalue weighted by atomic mass is 35.5. The van der Waals surface area contributed by atoms with Gasteiger partial charge in [0.05, 0.1) is 6.17 Å². The molecule has 4 rings (SSSR count). The van der Waals surface area contributed by atoms with Gasteiger partial charge in [-0.2, -0.15) is 0 Å². The fourth-order valence-corrected chi connectivity index (χ4v) is 5.73. The summed E-state index contributed by atoms with van der Waals surface area (Å²) in [4.78, 5) is 32.8. The molecular weight excluding hydrogens is 376 g/mol. The van der Waals surface area contributed by atoms with Crippen LogP contribution in [0.25, 0.3) is 0 Å². The molecule has 0 aromatic carbocycles. The van der Waals surface area contributed by atoms with Gasteiger partial charge >= 0.3 is 0 Å². The summed E-state index contributed by atoms with van der Waals surface area (Å²) >= 11 is 6.28. The van der Waals surface area contributed by atoms with Crippen LogP contribution in [0.15, 0.2) is 0 Å². The van der Waals surface area contributed by atoms with E-state index in [1.54, 1.807) is 4.90 Å². The van der Waals surface area contributed by atoms with E-state index in [1.807, 2.05) is 18.7 Å². The van der Waals surface area contributed by atoms with E-state index in [4.69, 9.17) is 11.6 Å². The molecule has 7 heteroatoms. The minimum Gasteiger partial charge on any atom is -0.329 e. The summed E-state index contributed by atoms with van der Waals surface area (Å²) in [5.41, 5.74) is -0.656. The first-order valence-corrected chi connectivity index (χ1v) is 11.6. The number of nitrogens with one attached hydrogen (secondary N) is 1. The number of hydrogen-bond donors (Lipinski definition) is 1. The van der Waals surface area contributed by atoms with Gasteiger partial charge < -0.3 is 15.1 Å². The zero-order valence-electron chi connectivity index (χ0n) is 17.3. The highest BCUT2D eigenvalue weighted by molar-refractivity contribution is 6.20. The van der Waals surface area contributed by atoms with E-state index in [0.29, 0.717) is 31.7 Å². The molecule has 1 spiro atoms. The first-order chi connectivity index (χ1) is 13.4. The zero-order valence-corrected chi connectivity index (χ0v) is 18.1. The first kappa shape index (κ1) is 20.4. The van der Waals surface area contributed by atoms with Gasteiger partial charge in [0.25, 0.3) is 5.91 Å². The number of hydrogen-bond acceptors (Lipinski definition) is 4. The lowest BCUT2D eigenvalue weighted by molar-refractivity contribution is -0.185. The lowest BCUT2D eigenvalue weighted by atomic mass is 9.80. The molecule has 3 heterocycles. The van der Waals surface area contributed by atoms with Crippen LogP contribution < -0.4 is 5.32 Å². The van der Waals surface area contributed by atoms with E-state index in [0.717, 1.165) is 38.6 Å². The molecule has 1 aliphatic carbocycles. The van der Waals surface area contributed by atoms with Crippen molar-refractivity contribution < 1.29 is 9.59 Å². The van der Waals surface area contributed by atoms with Crippen molar-refractivity contribution in [2.24, 2.45) is 5.92 Å². The van der Waals surface area contributed by atoms with Crippen molar-refractivity contribution in [2.45, 2.75) is 81.9 Å². The Morgan fingerprint density at radius 2 is 1.82 bits per heavy atom. The van der Waals surface area contributed by atoms with E-state index < -0.39 is 5.54 Å². The first-order valence-electron chi connectivity index (χ1n) is 11.1. The smallest absolute Gasteiger partial charge is 0.251 e. The van der Waals surface area contributed by atoms with E-state index in [1.165, 1.54) is 12.8 Å². The molecule has 1 saturated carbocycles. The Labute approximate surface area is 173 Å². The largest absolute Gasteiger partial charge is 0.329 e. The van der Waals surface area contributed by atoms with Crippen LogP contribution in [-0.4, -0.2) is 82.4 Å². The average Bonchev–Trinajstić information content (AvgIpc) is 2.65. The molecule has 6 nitrogen and oxygen atoms in total. The molecule has 2 amide bonds. The molecule has 3 aliphatic heterocycles. The van der Waals surface area contributed by atoms with Gasteiger partial charge in [-0.25, -0.2) is 0 Å². The molecule has 28 heavy (non-hydrogen) atoms. The van der Waals surface area contributed by atoms with Gasteiger partial charge in [-0.3, -0.25) is 14.5 Å². The standard InChI is InChI=1S/C21H35ClN4O2/c1-15(2)25-12-19(27)26(11-16-6-8-17(22)9-7-16)21(20(25)28)13-24(14-21)18-5-3-4-10-23-18/h15-18,23H,3-14H2,1-2H3. The van der Waals surface area contributed by atoms with Gasteiger partial charge in [-0.1, -0.05) is 0 Å². The van der Waals surface area contributed by atoms with Gasteiger partial charge in [0.2, 0.25) is 5.91 Å². The molecule has 3 saturated heterocycles. The molecule has 1 N–H and O–H groups in total. The Bertz CT molecular complexity index is 593. The van der Waals surface area contributed by atoms with Crippen LogP contribution in [0.2, 0.25) is 0 Å². The minimum absolute atomic E-state index is 0.0593. The number of amides is 2. The van der Waals surface area contributed by atoms with Gasteiger partial charge in [-0.15, -0.1) is 11.6 Å². The van der Waals surface area contributed by atoms with Crippen molar-refractivity contribution in [2.75, 3.05) is 32.7 Å². The molecule has 4 aliphatic rings. The van der Waals surface area contributed by atoms with Crippen LogP contribution in [0.4, 0.5) is 0 Å². The maximum Gasteiger partial charge on any atom is 0.251 e. The molecule has 4 fully saturated rings. The summed E-state index contributed by atoms with van der Waals surface area (Å²) in [7, 11) is 0. The van der Waals surface area contributed by atoms with Crippen molar-refractivity contribution in [1.29, 1.82) is 0 Å². The third kappa shape index (κ3) is 3.68. The topological polar surface area (TPSA) is 55.9 Å². The molecular formula is C21H35ClN4O2. The summed E-state index contributed by atoms with van der Waals surface area (Å²) in [5, 5.41) is 3.86. The lowest BCUT2D eigenvalue weighted by Crippen LogP contribution is -2.83. The number of nitrogens with zero attached hydrogens (tertiary/aromatic N) is 3. The Morgan fingerprint density at radius 1 is 1.11 bits per heavy atom. The third-order valence-electron chi connectivity index (χ3n) is 7.28. The second-order valence-corrected chi connectivity index (χ2v) is 10.2. The summed E-state index contributed by atoms with van der Waals surface area (Å²) < 4.78 is 0. The van der Waals surface area contributed by atoms with Gasteiger partial charge in [0.1, 0.15) is 12.1 Å². The van der Waals surface area contributed by atoms with E-state index >= 15 is 0 Å². The number of carbonyl (C=O) groups is 2. The van der Waals surface area contributed by atoms with Crippen molar-refractivity contribution in [1.82, 2.24) is 20.0 Å². The predicted molar refractivity (Wildman–Crippen MR) is 110 cm³/mol. The average molecular weight is 411 g/mol. The van der Waals surface area contributed by atoms with E-state index in [-0.39, 0.29) is 29.8 Å². The number of piperazine rings is 1. The van der Waals surface area contributed by atoms with E-state index in [9.17, 15) is 9.59 Å². The minimum atomic E-state index is -0.656. The molecule has 0 aromatic rings. The number of likely N-dealkylation sites (tertiary alicyclic amines) is 1. The van der Waals surface area contributed by atoms with Crippen LogP contribution in [0.3, 0.4) is 0 Å². The highest BCUT2D eigenvalue weighted by Gasteiger charge is 2.60. The Hall–Kier alpha value is -0.850. The summed E-state index contributed by atoms with van der Waals surface area (Å²) in [6, 6.07) is 0.0593. The van der Waals surface area contributed by atoms with Crippen LogP contribution in [0, 0.1) is 5.92 Å². The number of halogens is 1. The SMILES string of the molecule is CC(C)N1CC(=O)N(CC2CCC(Cl)CC2)C2(CN(C3CCCCN3)C2)C1=O. The number of rotatable bonds is 4. The molecule has 1 unspecified atom stereocenters. The summed E-state index contributed by atoms with van der Waals surface area (Å²) in [6.07, 6.45) is 8.10. The summed E-state index contributed by atoms with van der Waals surface area (Å²) in [5.74, 6) is 0.744. The van der Waals surface area contributed by atoms with Crippen LogP contribution >= 0.6 is 11.6 Å². The number of carbonyl (C=O) groups excluding carboxylic acids is 2. The molecule has 158 valence electrons. The number of piperidine rings is 1. The van der Waals surface area contributed by atoms with Crippen molar-refractivity contribution in [3.8, 4) is 0 Å². The van der Waals surface area contributed by atoms with Crippen LogP contribution in [0.1, 0.15) is 58.8 Å². The molecule has 0 bridgehead atoms. The van der Waals surface area contributed by atoms with Crippen molar-refractivity contribution in [3.63, 3.8) is 0 Å². The van der Waals surface area contributed by atoms with Gasteiger partial charge in [0.15, 0.2) is 0 Å². The van der Waals surface area contributed by atoms with Crippen molar-refractivity contribution >= 4 is 23.4 Å². The number of alkyl halides is 1. The van der Waals surface area contributed by atoms with Gasteiger partial charge in [0, 0.05) is 31.1 Å². The fraction of sp³-hybridized carbons (Fsp3) is 0.905. The molecule has 1 atom stereocenters. The third-order valence-corrected chi connectivity index (χ3v) is 7.71. The van der Waals surface area contributed by atoms with Crippen LogP contribution in [0.5, 0.6) is 0 Å². The second kappa shape index (κ2) is 8.11. The maximum atomic E-state index is 13.5. The predicted octanol–water partition coefficient (Wildman–Crippen LogP) is 2.02. The quantitative estimate of drug-likeness (QED) is 0.720. The Morgan fingerprint density at radius 3 is 2.43 bits per heavy atom. The van der Waals surface area contributed by atoms with Gasteiger partial charge in [-0.05, 0) is 71.3 Å². The monoisotopic (exact) mass is 410 g/mol. The second-order valence-electron chi connectivity index (χ2n) is 9.55. The van der Waals surface area contributed by atoms with Crippen molar-refractivity contribution in [3.05, 3.63) is 0 Å². The Balaban J connectivity index is 1.51.